The van der Waals surface area contributed by atoms with Gasteiger partial charge in [0.15, 0.2) is 5.76 Å². The molecule has 0 unspecified atom stereocenters. The molecule has 2 heterocycles. The fourth-order valence-electron chi connectivity index (χ4n) is 4.37. The number of rotatable bonds is 5. The zero-order valence-corrected chi connectivity index (χ0v) is 21.1. The molecule has 39 heavy (non-hydrogen) atoms. The highest BCUT2D eigenvalue weighted by molar-refractivity contribution is 6.32. The first-order valence-corrected chi connectivity index (χ1v) is 12.2. The van der Waals surface area contributed by atoms with Crippen LogP contribution in [-0.2, 0) is 0 Å². The topological polar surface area (TPSA) is 75.0 Å². The molecule has 0 bridgehead atoms. The van der Waals surface area contributed by atoms with Gasteiger partial charge in [0.2, 0.25) is 5.78 Å². The average Bonchev–Trinajstić information content (AvgIpc) is 3.48. The Labute approximate surface area is 226 Å². The Hall–Kier alpha value is -4.88. The Morgan fingerprint density at radius 3 is 2.51 bits per heavy atom. The predicted octanol–water partition coefficient (Wildman–Crippen LogP) is 7.74. The van der Waals surface area contributed by atoms with Gasteiger partial charge in [-0.25, -0.2) is 9.18 Å². The molecular formula is C31H18ClFO6. The van der Waals surface area contributed by atoms with Crippen LogP contribution >= 0.6 is 11.6 Å². The zero-order chi connectivity index (χ0) is 27.1. The predicted molar refractivity (Wildman–Crippen MR) is 144 cm³/mol. The van der Waals surface area contributed by atoms with E-state index >= 15 is 0 Å². The molecule has 4 aromatic carbocycles. The molecule has 0 N–H and O–H groups in total. The highest BCUT2D eigenvalue weighted by Crippen LogP contribution is 2.38. The number of ether oxygens (including phenoxy) is 3. The molecule has 1 aliphatic heterocycles. The van der Waals surface area contributed by atoms with Crippen LogP contribution in [0.4, 0.5) is 4.39 Å². The minimum Gasteiger partial charge on any atom is -0.497 e. The smallest absolute Gasteiger partial charge is 0.348 e. The normalized spacial score (nSPS) is 13.4. The fourth-order valence-corrected chi connectivity index (χ4v) is 4.59. The van der Waals surface area contributed by atoms with Gasteiger partial charge in [0.1, 0.15) is 40.0 Å². The molecule has 0 fully saturated rings. The lowest BCUT2D eigenvalue weighted by molar-refractivity contribution is 0.0736. The van der Waals surface area contributed by atoms with E-state index in [2.05, 4.69) is 0 Å². The van der Waals surface area contributed by atoms with E-state index in [0.29, 0.717) is 28.0 Å². The van der Waals surface area contributed by atoms with Crippen molar-refractivity contribution in [2.75, 3.05) is 7.11 Å². The van der Waals surface area contributed by atoms with Gasteiger partial charge in [-0.3, -0.25) is 4.79 Å². The van der Waals surface area contributed by atoms with Gasteiger partial charge in [-0.05, 0) is 48.5 Å². The van der Waals surface area contributed by atoms with Crippen LogP contribution in [0.15, 0.2) is 95.1 Å². The second-order valence-electron chi connectivity index (χ2n) is 8.66. The van der Waals surface area contributed by atoms with Crippen molar-refractivity contribution in [3.05, 3.63) is 118 Å². The van der Waals surface area contributed by atoms with Crippen molar-refractivity contribution in [2.24, 2.45) is 0 Å². The highest BCUT2D eigenvalue weighted by Gasteiger charge is 2.30. The van der Waals surface area contributed by atoms with Gasteiger partial charge in [-0.2, -0.15) is 0 Å². The van der Waals surface area contributed by atoms with Crippen molar-refractivity contribution in [3.8, 4) is 28.6 Å². The number of carbonyl (C=O) groups excluding carboxylic acids is 2. The van der Waals surface area contributed by atoms with Gasteiger partial charge >= 0.3 is 5.97 Å². The monoisotopic (exact) mass is 540 g/mol. The number of ketones is 1. The quantitative estimate of drug-likeness (QED) is 0.129. The summed E-state index contributed by atoms with van der Waals surface area (Å²) in [5.41, 5.74) is 1.70. The van der Waals surface area contributed by atoms with Crippen molar-refractivity contribution >= 4 is 40.4 Å². The van der Waals surface area contributed by atoms with Crippen LogP contribution in [-0.4, -0.2) is 18.9 Å². The van der Waals surface area contributed by atoms with Crippen molar-refractivity contribution in [3.63, 3.8) is 0 Å². The molecule has 6 nitrogen and oxygen atoms in total. The van der Waals surface area contributed by atoms with E-state index in [0.717, 1.165) is 0 Å². The Morgan fingerprint density at radius 2 is 1.74 bits per heavy atom. The maximum Gasteiger partial charge on any atom is 0.348 e. The minimum atomic E-state index is -0.668. The molecule has 0 aliphatic carbocycles. The summed E-state index contributed by atoms with van der Waals surface area (Å²) in [5.74, 6) is -0.575. The molecule has 0 spiro atoms. The second kappa shape index (κ2) is 9.78. The molecule has 0 amide bonds. The summed E-state index contributed by atoms with van der Waals surface area (Å²) < 4.78 is 37.1. The largest absolute Gasteiger partial charge is 0.497 e. The van der Waals surface area contributed by atoms with Crippen molar-refractivity contribution in [1.82, 2.24) is 0 Å². The number of hydrogen-bond donors (Lipinski definition) is 0. The first-order chi connectivity index (χ1) is 18.9. The number of allylic oxidation sites excluding steroid dienone is 1. The number of esters is 1. The third-order valence-electron chi connectivity index (χ3n) is 6.26. The van der Waals surface area contributed by atoms with Gasteiger partial charge in [-0.1, -0.05) is 48.0 Å². The molecule has 1 aromatic heterocycles. The lowest BCUT2D eigenvalue weighted by Crippen LogP contribution is -2.09. The van der Waals surface area contributed by atoms with Crippen LogP contribution in [0.2, 0.25) is 5.02 Å². The van der Waals surface area contributed by atoms with E-state index in [4.69, 9.17) is 30.2 Å². The first-order valence-electron chi connectivity index (χ1n) is 11.8. The molecule has 0 atom stereocenters. The molecule has 0 saturated heterocycles. The van der Waals surface area contributed by atoms with E-state index in [1.807, 2.05) is 30.3 Å². The number of fused-ring (bicyclic) bond motifs is 2. The number of benzene rings is 4. The van der Waals surface area contributed by atoms with Crippen molar-refractivity contribution < 1.29 is 32.6 Å². The van der Waals surface area contributed by atoms with Crippen LogP contribution in [0.1, 0.15) is 26.3 Å². The van der Waals surface area contributed by atoms with Gasteiger partial charge in [-0.15, -0.1) is 0 Å². The molecule has 0 radical (unpaired) electrons. The summed E-state index contributed by atoms with van der Waals surface area (Å²) in [6, 6.07) is 23.0. The lowest BCUT2D eigenvalue weighted by Gasteiger charge is -2.07. The molecule has 6 rings (SSSR count). The van der Waals surface area contributed by atoms with Gasteiger partial charge < -0.3 is 18.6 Å². The lowest BCUT2D eigenvalue weighted by atomic mass is 10.1. The number of methoxy groups -OCH3 is 1. The van der Waals surface area contributed by atoms with Crippen molar-refractivity contribution in [2.45, 2.75) is 0 Å². The van der Waals surface area contributed by atoms with Gasteiger partial charge in [0.25, 0.3) is 0 Å². The SMILES string of the molecule is COc1ccc2oc(-c3ccccc3)c(C(=O)Oc3ccc4c(c3)O/C(=C\c3c(F)cccc3Cl)C4=O)c2c1. The Balaban J connectivity index is 1.34. The maximum absolute atomic E-state index is 14.2. The third-order valence-corrected chi connectivity index (χ3v) is 6.59. The molecule has 5 aromatic rings. The van der Waals surface area contributed by atoms with Crippen LogP contribution in [0.5, 0.6) is 17.2 Å². The Bertz CT molecular complexity index is 1790. The standard InChI is InChI=1S/C31H18ClFO6/c1-36-18-11-13-25-22(14-18)28(30(39-25)17-6-3-2-4-7-17)31(35)37-19-10-12-20-26(15-19)38-27(29(20)34)16-21-23(32)8-5-9-24(21)33/h2-16H,1H3/b27-16-. The number of carbonyl (C=O) groups is 2. The molecule has 8 heteroatoms. The minimum absolute atomic E-state index is 0.0395. The van der Waals surface area contributed by atoms with Crippen LogP contribution in [0.25, 0.3) is 28.4 Å². The summed E-state index contributed by atoms with van der Waals surface area (Å²) in [6.07, 6.45) is 1.25. The van der Waals surface area contributed by atoms with Crippen molar-refractivity contribution in [1.29, 1.82) is 0 Å². The maximum atomic E-state index is 14.2. The van der Waals surface area contributed by atoms with E-state index in [1.54, 1.807) is 18.2 Å². The molecular weight excluding hydrogens is 523 g/mol. The van der Waals surface area contributed by atoms with E-state index in [1.165, 1.54) is 49.6 Å². The van der Waals surface area contributed by atoms with Crippen LogP contribution in [0, 0.1) is 5.82 Å². The summed E-state index contributed by atoms with van der Waals surface area (Å²) in [6.45, 7) is 0. The van der Waals surface area contributed by atoms with E-state index in [9.17, 15) is 14.0 Å². The van der Waals surface area contributed by atoms with E-state index in [-0.39, 0.29) is 39.0 Å². The molecule has 1 aliphatic rings. The summed E-state index contributed by atoms with van der Waals surface area (Å²) in [4.78, 5) is 26.4. The number of furan rings is 1. The first kappa shape index (κ1) is 24.5. The Kier molecular flexibility index (Phi) is 6.13. The summed E-state index contributed by atoms with van der Waals surface area (Å²) in [5, 5.41) is 0.667. The number of hydrogen-bond acceptors (Lipinski definition) is 6. The van der Waals surface area contributed by atoms with Gasteiger partial charge in [0, 0.05) is 22.6 Å². The third kappa shape index (κ3) is 4.43. The fraction of sp³-hybridized carbons (Fsp3) is 0.0323. The molecule has 192 valence electrons. The Morgan fingerprint density at radius 1 is 0.949 bits per heavy atom. The zero-order valence-electron chi connectivity index (χ0n) is 20.4. The second-order valence-corrected chi connectivity index (χ2v) is 9.06. The van der Waals surface area contributed by atoms with Gasteiger partial charge in [0.05, 0.1) is 17.7 Å². The highest BCUT2D eigenvalue weighted by atomic mass is 35.5. The summed E-state index contributed by atoms with van der Waals surface area (Å²) >= 11 is 6.09. The summed E-state index contributed by atoms with van der Waals surface area (Å²) in [7, 11) is 1.53. The number of Topliss-reactive ketones (excluding diaryl/α,β-unsaturated/α-hetero) is 1. The van der Waals surface area contributed by atoms with E-state index < -0.39 is 17.6 Å². The van der Waals surface area contributed by atoms with Crippen LogP contribution in [0.3, 0.4) is 0 Å². The molecule has 0 saturated carbocycles. The average molecular weight is 541 g/mol. The number of halogens is 2. The van der Waals surface area contributed by atoms with Crippen LogP contribution < -0.4 is 14.2 Å².